The topological polar surface area (TPSA) is 84.4 Å². The zero-order valence-electron chi connectivity index (χ0n) is 16.7. The van der Waals surface area contributed by atoms with Crippen LogP contribution in [0, 0.1) is 5.41 Å². The average molecular weight is 402 g/mol. The van der Waals surface area contributed by atoms with Crippen LogP contribution >= 0.6 is 0 Å². The van der Waals surface area contributed by atoms with Gasteiger partial charge in [0.05, 0.1) is 23.6 Å². The lowest BCUT2D eigenvalue weighted by molar-refractivity contribution is -0.127. The van der Waals surface area contributed by atoms with Crippen molar-refractivity contribution in [2.75, 3.05) is 30.4 Å². The predicted octanol–water partition coefficient (Wildman–Crippen LogP) is 3.20. The largest absolute Gasteiger partial charge is 0.465 e. The van der Waals surface area contributed by atoms with E-state index in [1.165, 1.54) is 12.7 Å². The molecule has 0 unspecified atom stereocenters. The maximum absolute atomic E-state index is 12.9. The zero-order chi connectivity index (χ0) is 20.7. The zero-order valence-corrected chi connectivity index (χ0v) is 16.7. The first-order valence-corrected chi connectivity index (χ1v) is 10.1. The maximum Gasteiger partial charge on any atom is 0.337 e. The lowest BCUT2D eigenvalue weighted by atomic mass is 9.71. The van der Waals surface area contributed by atoms with Crippen molar-refractivity contribution in [1.29, 1.82) is 0 Å². The second kappa shape index (κ2) is 7.09. The summed E-state index contributed by atoms with van der Waals surface area (Å²) in [6, 6.07) is 13.3. The molecule has 1 N–H and O–H groups in total. The van der Waals surface area contributed by atoms with Crippen LogP contribution in [-0.2, 0) is 16.0 Å². The Bertz CT molecular complexity index is 1150. The number of hydrogen-bond donors (Lipinski definition) is 1. The van der Waals surface area contributed by atoms with E-state index < -0.39 is 0 Å². The molecule has 0 aliphatic carbocycles. The number of rotatable bonds is 2. The summed E-state index contributed by atoms with van der Waals surface area (Å²) in [6.07, 6.45) is 3.80. The summed E-state index contributed by atoms with van der Waals surface area (Å²) in [7, 11) is 1.37. The normalized spacial score (nSPS) is 17.5. The van der Waals surface area contributed by atoms with Gasteiger partial charge in [0.2, 0.25) is 5.91 Å². The number of esters is 1. The van der Waals surface area contributed by atoms with Gasteiger partial charge in [-0.15, -0.1) is 0 Å². The molecule has 2 aromatic carbocycles. The van der Waals surface area contributed by atoms with E-state index in [9.17, 15) is 9.59 Å². The number of methoxy groups -OCH3 is 1. The molecule has 0 atom stereocenters. The van der Waals surface area contributed by atoms with Gasteiger partial charge in [-0.1, -0.05) is 18.2 Å². The quantitative estimate of drug-likeness (QED) is 0.663. The van der Waals surface area contributed by atoms with Gasteiger partial charge in [-0.25, -0.2) is 14.8 Å². The lowest BCUT2D eigenvalue weighted by Crippen LogP contribution is -2.50. The number of benzene rings is 2. The molecule has 1 spiro atoms. The number of nitrogens with zero attached hydrogens (tertiary/aromatic N) is 3. The fourth-order valence-corrected chi connectivity index (χ4v) is 4.59. The number of nitrogens with one attached hydrogen (secondary N) is 1. The average Bonchev–Trinajstić information content (AvgIpc) is 2.79. The summed E-state index contributed by atoms with van der Waals surface area (Å²) >= 11 is 0. The lowest BCUT2D eigenvalue weighted by Gasteiger charge is -2.43. The summed E-state index contributed by atoms with van der Waals surface area (Å²) in [4.78, 5) is 35.9. The highest BCUT2D eigenvalue weighted by Crippen LogP contribution is 2.42. The highest BCUT2D eigenvalue weighted by atomic mass is 16.5. The van der Waals surface area contributed by atoms with Crippen molar-refractivity contribution in [3.05, 3.63) is 59.9 Å². The predicted molar refractivity (Wildman–Crippen MR) is 114 cm³/mol. The molecule has 7 heteroatoms. The second-order valence-electron chi connectivity index (χ2n) is 7.98. The Kier molecular flexibility index (Phi) is 4.38. The molecule has 30 heavy (non-hydrogen) atoms. The monoisotopic (exact) mass is 402 g/mol. The minimum atomic E-state index is -0.387. The standard InChI is InChI=1S/C23H22N4O3/c1-30-21(28)15-6-7-19-17(12-15)20(25-14-24-19)27-10-8-23(9-11-27)13-16-4-2-3-5-18(16)26-22(23)29/h2-7,12,14H,8-11,13H2,1H3,(H,26,29). The van der Waals surface area contributed by atoms with Gasteiger partial charge in [-0.05, 0) is 49.1 Å². The highest BCUT2D eigenvalue weighted by molar-refractivity contribution is 5.99. The number of aromatic nitrogens is 2. The number of hydrogen-bond acceptors (Lipinski definition) is 6. The third-order valence-electron chi connectivity index (χ3n) is 6.33. The van der Waals surface area contributed by atoms with E-state index in [1.54, 1.807) is 18.5 Å². The third kappa shape index (κ3) is 2.98. The molecule has 152 valence electrons. The number of fused-ring (bicyclic) bond motifs is 2. The van der Waals surface area contributed by atoms with Crippen LogP contribution in [0.2, 0.25) is 0 Å². The summed E-state index contributed by atoms with van der Waals surface area (Å²) < 4.78 is 4.85. The Hall–Kier alpha value is -3.48. The van der Waals surface area contributed by atoms with Crippen molar-refractivity contribution >= 4 is 34.3 Å². The van der Waals surface area contributed by atoms with Crippen LogP contribution in [0.15, 0.2) is 48.8 Å². The van der Waals surface area contributed by atoms with Gasteiger partial charge in [-0.2, -0.15) is 0 Å². The Morgan fingerprint density at radius 1 is 1.13 bits per heavy atom. The second-order valence-corrected chi connectivity index (χ2v) is 7.98. The van der Waals surface area contributed by atoms with Crippen LogP contribution in [0.25, 0.3) is 10.9 Å². The van der Waals surface area contributed by atoms with Crippen LogP contribution in [0.4, 0.5) is 11.5 Å². The molecular formula is C23H22N4O3. The van der Waals surface area contributed by atoms with Gasteiger partial charge < -0.3 is 15.0 Å². The molecule has 1 fully saturated rings. The number of para-hydroxylation sites is 1. The molecule has 2 aliphatic heterocycles. The van der Waals surface area contributed by atoms with Crippen molar-refractivity contribution in [3.8, 4) is 0 Å². The van der Waals surface area contributed by atoms with Gasteiger partial charge in [-0.3, -0.25) is 4.79 Å². The Labute approximate surface area is 174 Å². The van der Waals surface area contributed by atoms with Crippen LogP contribution in [-0.4, -0.2) is 42.0 Å². The van der Waals surface area contributed by atoms with Crippen LogP contribution in [0.5, 0.6) is 0 Å². The third-order valence-corrected chi connectivity index (χ3v) is 6.33. The first-order chi connectivity index (χ1) is 14.6. The molecule has 1 saturated heterocycles. The molecule has 1 amide bonds. The molecule has 0 radical (unpaired) electrons. The molecule has 3 aromatic rings. The molecular weight excluding hydrogens is 380 g/mol. The highest BCUT2D eigenvalue weighted by Gasteiger charge is 2.44. The van der Waals surface area contributed by atoms with Crippen molar-refractivity contribution in [1.82, 2.24) is 9.97 Å². The van der Waals surface area contributed by atoms with Crippen molar-refractivity contribution in [3.63, 3.8) is 0 Å². The SMILES string of the molecule is COC(=O)c1ccc2ncnc(N3CCC4(CC3)Cc3ccccc3NC4=O)c2c1. The van der Waals surface area contributed by atoms with E-state index in [-0.39, 0.29) is 17.3 Å². The fraction of sp³-hybridized carbons (Fsp3) is 0.304. The first-order valence-electron chi connectivity index (χ1n) is 10.1. The van der Waals surface area contributed by atoms with Crippen LogP contribution in [0.3, 0.4) is 0 Å². The molecule has 2 aliphatic rings. The molecule has 5 rings (SSSR count). The van der Waals surface area contributed by atoms with Crippen LogP contribution in [0.1, 0.15) is 28.8 Å². The first kappa shape index (κ1) is 18.5. The Balaban J connectivity index is 1.43. The number of carbonyl (C=O) groups is 2. The summed E-state index contributed by atoms with van der Waals surface area (Å²) in [5, 5.41) is 3.91. The number of ether oxygens (including phenoxy) is 1. The Morgan fingerprint density at radius 2 is 1.93 bits per heavy atom. The van der Waals surface area contributed by atoms with Crippen molar-refractivity contribution in [2.45, 2.75) is 19.3 Å². The smallest absolute Gasteiger partial charge is 0.337 e. The van der Waals surface area contributed by atoms with E-state index in [0.717, 1.165) is 41.7 Å². The Morgan fingerprint density at radius 3 is 2.73 bits per heavy atom. The molecule has 3 heterocycles. The molecule has 0 bridgehead atoms. The van der Waals surface area contributed by atoms with Crippen LogP contribution < -0.4 is 10.2 Å². The fourth-order valence-electron chi connectivity index (χ4n) is 4.59. The summed E-state index contributed by atoms with van der Waals surface area (Å²) in [5.41, 5.74) is 2.98. The van der Waals surface area contributed by atoms with E-state index in [2.05, 4.69) is 26.3 Å². The minimum Gasteiger partial charge on any atom is -0.465 e. The van der Waals surface area contributed by atoms with Gasteiger partial charge in [0.1, 0.15) is 12.1 Å². The number of carbonyl (C=O) groups excluding carboxylic acids is 2. The minimum absolute atomic E-state index is 0.112. The summed E-state index contributed by atoms with van der Waals surface area (Å²) in [6.45, 7) is 1.42. The van der Waals surface area contributed by atoms with Crippen molar-refractivity contribution in [2.24, 2.45) is 5.41 Å². The summed E-state index contributed by atoms with van der Waals surface area (Å²) in [5.74, 6) is 0.514. The number of amides is 1. The molecule has 1 aromatic heterocycles. The van der Waals surface area contributed by atoms with Gasteiger partial charge >= 0.3 is 5.97 Å². The van der Waals surface area contributed by atoms with E-state index >= 15 is 0 Å². The number of piperidine rings is 1. The van der Waals surface area contributed by atoms with Crippen molar-refractivity contribution < 1.29 is 14.3 Å². The van der Waals surface area contributed by atoms with E-state index in [4.69, 9.17) is 4.74 Å². The van der Waals surface area contributed by atoms with Gasteiger partial charge in [0.25, 0.3) is 0 Å². The maximum atomic E-state index is 12.9. The molecule has 7 nitrogen and oxygen atoms in total. The number of anilines is 2. The molecule has 0 saturated carbocycles. The van der Waals surface area contributed by atoms with E-state index in [1.807, 2.05) is 24.3 Å². The van der Waals surface area contributed by atoms with Gasteiger partial charge in [0, 0.05) is 24.2 Å². The van der Waals surface area contributed by atoms with Gasteiger partial charge in [0.15, 0.2) is 0 Å². The van der Waals surface area contributed by atoms with E-state index in [0.29, 0.717) is 18.7 Å².